The maximum Gasteiger partial charge on any atom is 0.312 e. The quantitative estimate of drug-likeness (QED) is 0.701. The van der Waals surface area contributed by atoms with E-state index in [0.717, 1.165) is 10.9 Å². The fourth-order valence-corrected chi connectivity index (χ4v) is 3.05. The van der Waals surface area contributed by atoms with Gasteiger partial charge in [0.15, 0.2) is 0 Å². The van der Waals surface area contributed by atoms with Crippen LogP contribution < -0.4 is 10.3 Å². The van der Waals surface area contributed by atoms with E-state index in [2.05, 4.69) is 4.98 Å². The Kier molecular flexibility index (Phi) is 2.82. The minimum atomic E-state index is -0.308. The van der Waals surface area contributed by atoms with Crippen LogP contribution in [0.3, 0.4) is 0 Å². The van der Waals surface area contributed by atoms with Gasteiger partial charge in [0.1, 0.15) is 5.75 Å². The molecule has 0 amide bonds. The molecule has 0 unspecified atom stereocenters. The van der Waals surface area contributed by atoms with Gasteiger partial charge < -0.3 is 9.72 Å². The van der Waals surface area contributed by atoms with Crippen LogP contribution in [0.5, 0.6) is 5.75 Å². The number of nitrogens with one attached hydrogen (secondary N) is 1. The molecule has 0 aliphatic carbocycles. The zero-order chi connectivity index (χ0) is 15.1. The summed E-state index contributed by atoms with van der Waals surface area (Å²) in [5.74, 6) is -0.188. The first-order chi connectivity index (χ1) is 10.7. The van der Waals surface area contributed by atoms with Gasteiger partial charge in [0.25, 0.3) is 5.56 Å². The van der Waals surface area contributed by atoms with Gasteiger partial charge in [-0.3, -0.25) is 9.59 Å². The highest BCUT2D eigenvalue weighted by Crippen LogP contribution is 2.39. The van der Waals surface area contributed by atoms with E-state index in [9.17, 15) is 9.59 Å². The van der Waals surface area contributed by atoms with E-state index in [1.807, 2.05) is 48.5 Å². The lowest BCUT2D eigenvalue weighted by Crippen LogP contribution is -2.28. The summed E-state index contributed by atoms with van der Waals surface area (Å²) in [4.78, 5) is 27.4. The number of carbonyl (C=O) groups is 1. The number of aromatic amines is 1. The Morgan fingerprint density at radius 3 is 2.50 bits per heavy atom. The van der Waals surface area contributed by atoms with E-state index in [4.69, 9.17) is 4.74 Å². The van der Waals surface area contributed by atoms with Crippen LogP contribution in [0.25, 0.3) is 10.9 Å². The number of benzene rings is 2. The molecule has 1 aliphatic rings. The zero-order valence-corrected chi connectivity index (χ0v) is 11.7. The molecule has 1 aliphatic heterocycles. The van der Waals surface area contributed by atoms with Gasteiger partial charge >= 0.3 is 5.97 Å². The fraction of sp³-hybridized carbons (Fsp3) is 0.111. The van der Waals surface area contributed by atoms with Crippen molar-refractivity contribution in [1.82, 2.24) is 4.98 Å². The summed E-state index contributed by atoms with van der Waals surface area (Å²) in [5.41, 5.74) is 1.95. The average Bonchev–Trinajstić information content (AvgIpc) is 2.55. The van der Waals surface area contributed by atoms with Crippen LogP contribution in [0.2, 0.25) is 0 Å². The monoisotopic (exact) mass is 291 g/mol. The largest absolute Gasteiger partial charge is 0.425 e. The van der Waals surface area contributed by atoms with Crippen molar-refractivity contribution in [2.75, 3.05) is 0 Å². The second-order valence-corrected chi connectivity index (χ2v) is 5.38. The number of carbonyl (C=O) groups excluding carboxylic acids is 1. The maximum atomic E-state index is 12.5. The number of pyridine rings is 1. The predicted octanol–water partition coefficient (Wildman–Crippen LogP) is 2.97. The van der Waals surface area contributed by atoms with Crippen molar-refractivity contribution in [1.29, 1.82) is 0 Å². The van der Waals surface area contributed by atoms with Crippen LogP contribution in [-0.2, 0) is 4.79 Å². The van der Waals surface area contributed by atoms with Gasteiger partial charge in [0, 0.05) is 11.3 Å². The molecule has 22 heavy (non-hydrogen) atoms. The third kappa shape index (κ3) is 1.92. The number of hydrogen-bond acceptors (Lipinski definition) is 3. The minimum Gasteiger partial charge on any atom is -0.425 e. The summed E-state index contributed by atoms with van der Waals surface area (Å²) >= 11 is 0. The van der Waals surface area contributed by atoms with Crippen LogP contribution in [-0.4, -0.2) is 11.0 Å². The molecule has 4 nitrogen and oxygen atoms in total. The summed E-state index contributed by atoms with van der Waals surface area (Å²) in [6.45, 7) is 0. The first kappa shape index (κ1) is 12.8. The Hall–Kier alpha value is -2.88. The number of aromatic nitrogens is 1. The highest BCUT2D eigenvalue weighted by atomic mass is 16.5. The number of para-hydroxylation sites is 1. The van der Waals surface area contributed by atoms with Crippen LogP contribution >= 0.6 is 0 Å². The third-order valence-electron chi connectivity index (χ3n) is 4.05. The lowest BCUT2D eigenvalue weighted by molar-refractivity contribution is -0.135. The van der Waals surface area contributed by atoms with E-state index in [0.29, 0.717) is 16.8 Å². The Balaban J connectivity index is 2.04. The van der Waals surface area contributed by atoms with Gasteiger partial charge in [0.2, 0.25) is 0 Å². The topological polar surface area (TPSA) is 59.2 Å². The predicted molar refractivity (Wildman–Crippen MR) is 83.1 cm³/mol. The van der Waals surface area contributed by atoms with Gasteiger partial charge in [-0.15, -0.1) is 0 Å². The number of fused-ring (bicyclic) bond motifs is 3. The molecular weight excluding hydrogens is 278 g/mol. The van der Waals surface area contributed by atoms with Crippen LogP contribution in [0.15, 0.2) is 59.4 Å². The van der Waals surface area contributed by atoms with E-state index < -0.39 is 0 Å². The van der Waals surface area contributed by atoms with E-state index in [-0.39, 0.29) is 23.9 Å². The molecule has 108 valence electrons. The maximum absolute atomic E-state index is 12.5. The summed E-state index contributed by atoms with van der Waals surface area (Å²) < 4.78 is 5.42. The van der Waals surface area contributed by atoms with E-state index >= 15 is 0 Å². The van der Waals surface area contributed by atoms with Crippen molar-refractivity contribution >= 4 is 16.9 Å². The molecule has 1 N–H and O–H groups in total. The average molecular weight is 291 g/mol. The molecule has 4 heteroatoms. The summed E-state index contributed by atoms with van der Waals surface area (Å²) in [5, 5.41) is 0.756. The molecule has 0 saturated heterocycles. The van der Waals surface area contributed by atoms with E-state index in [1.54, 1.807) is 6.07 Å². The summed E-state index contributed by atoms with van der Waals surface area (Å²) in [6.07, 6.45) is 0.179. The Morgan fingerprint density at radius 1 is 0.955 bits per heavy atom. The Bertz CT molecular complexity index is 928. The van der Waals surface area contributed by atoms with Crippen LogP contribution in [0, 0.1) is 0 Å². The first-order valence-corrected chi connectivity index (χ1v) is 7.14. The number of H-pyrrole nitrogens is 1. The minimum absolute atomic E-state index is 0.179. The molecule has 1 aromatic heterocycles. The standard InChI is InChI=1S/C18H13NO3/c20-15-10-13(11-6-2-1-3-7-11)16-17(22-15)12-8-4-5-9-14(12)19-18(16)21/h1-9,13H,10H2,(H,19,21)/t13-/m0/s1. The summed E-state index contributed by atoms with van der Waals surface area (Å²) in [6, 6.07) is 16.9. The Labute approximate surface area is 126 Å². The van der Waals surface area contributed by atoms with Crippen molar-refractivity contribution < 1.29 is 9.53 Å². The second-order valence-electron chi connectivity index (χ2n) is 5.38. The van der Waals surface area contributed by atoms with Crippen molar-refractivity contribution in [3.63, 3.8) is 0 Å². The summed E-state index contributed by atoms with van der Waals surface area (Å²) in [7, 11) is 0. The first-order valence-electron chi connectivity index (χ1n) is 7.14. The number of hydrogen-bond donors (Lipinski definition) is 1. The molecular formula is C18H13NO3. The molecule has 3 aromatic rings. The Morgan fingerprint density at radius 2 is 1.68 bits per heavy atom. The zero-order valence-electron chi connectivity index (χ0n) is 11.7. The highest BCUT2D eigenvalue weighted by Gasteiger charge is 2.32. The molecule has 2 aromatic carbocycles. The van der Waals surface area contributed by atoms with Gasteiger partial charge in [-0.25, -0.2) is 0 Å². The van der Waals surface area contributed by atoms with Gasteiger partial charge in [-0.05, 0) is 17.7 Å². The van der Waals surface area contributed by atoms with Gasteiger partial charge in [-0.2, -0.15) is 0 Å². The lowest BCUT2D eigenvalue weighted by Gasteiger charge is -2.25. The lowest BCUT2D eigenvalue weighted by atomic mass is 9.86. The molecule has 0 saturated carbocycles. The van der Waals surface area contributed by atoms with E-state index in [1.165, 1.54) is 0 Å². The molecule has 1 atom stereocenters. The van der Waals surface area contributed by atoms with Gasteiger partial charge in [-0.1, -0.05) is 42.5 Å². The highest BCUT2D eigenvalue weighted by molar-refractivity contribution is 5.91. The van der Waals surface area contributed by atoms with Crippen LogP contribution in [0.4, 0.5) is 0 Å². The normalized spacial score (nSPS) is 17.1. The molecule has 0 fully saturated rings. The third-order valence-corrected chi connectivity index (χ3v) is 4.05. The molecule has 0 spiro atoms. The fourth-order valence-electron chi connectivity index (χ4n) is 3.05. The molecule has 4 rings (SSSR count). The van der Waals surface area contributed by atoms with Crippen LogP contribution in [0.1, 0.15) is 23.5 Å². The van der Waals surface area contributed by atoms with Crippen molar-refractivity contribution in [2.24, 2.45) is 0 Å². The number of ether oxygens (including phenoxy) is 1. The second kappa shape index (κ2) is 4.84. The molecule has 2 heterocycles. The molecule has 0 bridgehead atoms. The van der Waals surface area contributed by atoms with Crippen molar-refractivity contribution in [3.05, 3.63) is 76.1 Å². The van der Waals surface area contributed by atoms with Gasteiger partial charge in [0.05, 0.1) is 17.5 Å². The smallest absolute Gasteiger partial charge is 0.312 e. The number of rotatable bonds is 1. The number of esters is 1. The van der Waals surface area contributed by atoms with Crippen molar-refractivity contribution in [3.8, 4) is 5.75 Å². The van der Waals surface area contributed by atoms with Crippen molar-refractivity contribution in [2.45, 2.75) is 12.3 Å². The SMILES string of the molecule is O=C1C[C@@H](c2ccccc2)c2c(c3ccccc3[nH]c2=O)O1. The molecule has 0 radical (unpaired) electrons.